The minimum atomic E-state index is -0.0324. The highest BCUT2D eigenvalue weighted by Crippen LogP contribution is 2.50. The number of amidine groups is 1. The summed E-state index contributed by atoms with van der Waals surface area (Å²) in [7, 11) is 2.01. The number of hydrogen-bond donors (Lipinski definition) is 0. The van der Waals surface area contributed by atoms with Crippen LogP contribution in [0.3, 0.4) is 0 Å². The summed E-state index contributed by atoms with van der Waals surface area (Å²) < 4.78 is 0. The molecule has 0 N–H and O–H groups in total. The zero-order chi connectivity index (χ0) is 23.1. The van der Waals surface area contributed by atoms with Crippen LogP contribution in [0, 0.1) is 0 Å². The number of thioether (sulfide) groups is 2. The zero-order valence-corrected chi connectivity index (χ0v) is 20.0. The second-order valence-electron chi connectivity index (χ2n) is 7.99. The first-order valence-corrected chi connectivity index (χ1v) is 12.5. The van der Waals surface area contributed by atoms with Gasteiger partial charge in [-0.05, 0) is 40.9 Å². The number of pyridine rings is 1. The Morgan fingerprint density at radius 1 is 0.882 bits per heavy atom. The summed E-state index contributed by atoms with van der Waals surface area (Å²) in [5.74, 6) is 0.587. The second-order valence-corrected chi connectivity index (χ2v) is 10.0. The molecular weight excluding hydrogens is 460 g/mol. The van der Waals surface area contributed by atoms with E-state index >= 15 is 0 Å². The maximum atomic E-state index is 13.8. The molecule has 0 aliphatic carbocycles. The first kappa shape index (κ1) is 21.0. The molecule has 0 atom stereocenters. The van der Waals surface area contributed by atoms with Gasteiger partial charge in [-0.2, -0.15) is 0 Å². The molecule has 0 bridgehead atoms. The molecule has 7 heteroatoms. The molecule has 0 radical (unpaired) electrons. The molecule has 0 unspecified atom stereocenters. The van der Waals surface area contributed by atoms with Gasteiger partial charge in [0.15, 0.2) is 11.0 Å². The number of anilines is 1. The lowest BCUT2D eigenvalue weighted by molar-refractivity contribution is -0.122. The number of hydrogen-bond acceptors (Lipinski definition) is 6. The van der Waals surface area contributed by atoms with Crippen LogP contribution in [-0.2, 0) is 11.3 Å². The predicted octanol–water partition coefficient (Wildman–Crippen LogP) is 6.41. The van der Waals surface area contributed by atoms with E-state index in [2.05, 4.69) is 22.0 Å². The van der Waals surface area contributed by atoms with E-state index in [1.807, 2.05) is 79.8 Å². The summed E-state index contributed by atoms with van der Waals surface area (Å²) in [6, 6.07) is 28.3. The van der Waals surface area contributed by atoms with Crippen LogP contribution in [0.2, 0.25) is 0 Å². The van der Waals surface area contributed by atoms with Gasteiger partial charge in [-0.25, -0.2) is 9.98 Å². The molecule has 0 spiro atoms. The van der Waals surface area contributed by atoms with Crippen molar-refractivity contribution in [3.8, 4) is 0 Å². The average molecular weight is 481 g/mol. The highest BCUT2D eigenvalue weighted by Gasteiger charge is 2.39. The van der Waals surface area contributed by atoms with E-state index in [0.717, 1.165) is 31.9 Å². The Morgan fingerprint density at radius 3 is 2.50 bits per heavy atom. The molecule has 2 aliphatic rings. The third-order valence-electron chi connectivity index (χ3n) is 5.83. The van der Waals surface area contributed by atoms with E-state index in [0.29, 0.717) is 22.4 Å². The number of benzene rings is 3. The summed E-state index contributed by atoms with van der Waals surface area (Å²) in [6.45, 7) is 0.453. The van der Waals surface area contributed by atoms with Crippen LogP contribution in [0.4, 0.5) is 11.5 Å². The van der Waals surface area contributed by atoms with Crippen molar-refractivity contribution in [2.75, 3.05) is 11.9 Å². The van der Waals surface area contributed by atoms with Gasteiger partial charge in [0.05, 0.1) is 17.3 Å². The van der Waals surface area contributed by atoms with E-state index in [1.165, 1.54) is 11.8 Å². The van der Waals surface area contributed by atoms with E-state index in [9.17, 15) is 4.79 Å². The van der Waals surface area contributed by atoms with Gasteiger partial charge in [0.25, 0.3) is 5.91 Å². The van der Waals surface area contributed by atoms with Gasteiger partial charge in [-0.1, -0.05) is 78.5 Å². The SMILES string of the molecule is CN1/C(=C2\SC(=Nc3nccc4ccccc34)N(Cc3ccccc3)C2=O)Sc2ccccc21. The van der Waals surface area contributed by atoms with E-state index in [-0.39, 0.29) is 5.91 Å². The fraction of sp³-hybridized carbons (Fsp3) is 0.0741. The van der Waals surface area contributed by atoms with Gasteiger partial charge < -0.3 is 4.90 Å². The van der Waals surface area contributed by atoms with Crippen molar-refractivity contribution in [1.29, 1.82) is 0 Å². The number of aromatic nitrogens is 1. The highest BCUT2D eigenvalue weighted by atomic mass is 32.2. The van der Waals surface area contributed by atoms with Crippen LogP contribution < -0.4 is 4.90 Å². The van der Waals surface area contributed by atoms with Crippen LogP contribution in [0.1, 0.15) is 5.56 Å². The first-order chi connectivity index (χ1) is 16.7. The van der Waals surface area contributed by atoms with E-state index < -0.39 is 0 Å². The molecule has 34 heavy (non-hydrogen) atoms. The number of para-hydroxylation sites is 1. The smallest absolute Gasteiger partial charge is 0.269 e. The number of nitrogens with zero attached hydrogens (tertiary/aromatic N) is 4. The van der Waals surface area contributed by atoms with Crippen molar-refractivity contribution < 1.29 is 4.79 Å². The normalized spacial score (nSPS) is 18.9. The monoisotopic (exact) mass is 480 g/mol. The van der Waals surface area contributed by atoms with Gasteiger partial charge >= 0.3 is 0 Å². The fourth-order valence-corrected chi connectivity index (χ4v) is 6.43. The second kappa shape index (κ2) is 8.66. The topological polar surface area (TPSA) is 48.8 Å². The lowest BCUT2D eigenvalue weighted by atomic mass is 10.2. The summed E-state index contributed by atoms with van der Waals surface area (Å²) in [6.07, 6.45) is 1.77. The average Bonchev–Trinajstić information content (AvgIpc) is 3.36. The van der Waals surface area contributed by atoms with Gasteiger partial charge in [0.1, 0.15) is 4.91 Å². The lowest BCUT2D eigenvalue weighted by Crippen LogP contribution is -2.29. The highest BCUT2D eigenvalue weighted by molar-refractivity contribution is 8.19. The number of aliphatic imine (C=N–C) groups is 1. The fourth-order valence-electron chi connectivity index (χ4n) is 4.11. The Balaban J connectivity index is 1.45. The minimum absolute atomic E-state index is 0.0324. The van der Waals surface area contributed by atoms with Crippen LogP contribution in [0.5, 0.6) is 0 Å². The molecule has 5 nitrogen and oxygen atoms in total. The Bertz CT molecular complexity index is 1480. The van der Waals surface area contributed by atoms with E-state index in [1.54, 1.807) is 22.9 Å². The number of rotatable bonds is 3. The molecule has 2 aliphatic heterocycles. The predicted molar refractivity (Wildman–Crippen MR) is 141 cm³/mol. The van der Waals surface area contributed by atoms with Crippen molar-refractivity contribution in [3.63, 3.8) is 0 Å². The molecule has 3 aromatic carbocycles. The van der Waals surface area contributed by atoms with Gasteiger partial charge in [0, 0.05) is 23.5 Å². The van der Waals surface area contributed by atoms with Crippen molar-refractivity contribution in [2.24, 2.45) is 4.99 Å². The molecule has 166 valence electrons. The maximum absolute atomic E-state index is 13.8. The molecule has 0 saturated carbocycles. The number of carbonyl (C=O) groups is 1. The van der Waals surface area contributed by atoms with E-state index in [4.69, 9.17) is 4.99 Å². The molecule has 1 aromatic heterocycles. The molecule has 4 aromatic rings. The summed E-state index contributed by atoms with van der Waals surface area (Å²) in [5.41, 5.74) is 2.16. The summed E-state index contributed by atoms with van der Waals surface area (Å²) in [5, 5.41) is 3.61. The Labute approximate surface area is 206 Å². The standard InChI is InChI=1S/C27H20N4OS2/c1-30-21-13-7-8-14-22(21)33-26(30)23-25(32)31(17-18-9-3-2-4-10-18)27(34-23)29-24-20-12-6-5-11-19(20)15-16-28-24/h2-16H,17H2,1H3/b26-23+,29-27?. The minimum Gasteiger partial charge on any atom is -0.337 e. The van der Waals surface area contributed by atoms with Gasteiger partial charge in [-0.3, -0.25) is 9.69 Å². The maximum Gasteiger partial charge on any atom is 0.269 e. The summed E-state index contributed by atoms with van der Waals surface area (Å²) in [4.78, 5) is 28.9. The molecule has 6 rings (SSSR count). The third kappa shape index (κ3) is 3.67. The molecule has 3 heterocycles. The third-order valence-corrected chi connectivity index (χ3v) is 8.27. The number of carbonyl (C=O) groups excluding carboxylic acids is 1. The van der Waals surface area contributed by atoms with Crippen LogP contribution in [-0.4, -0.2) is 28.0 Å². The van der Waals surface area contributed by atoms with Gasteiger partial charge in [0.2, 0.25) is 0 Å². The van der Waals surface area contributed by atoms with Crippen LogP contribution >= 0.6 is 23.5 Å². The molecule has 1 amide bonds. The van der Waals surface area contributed by atoms with Crippen LogP contribution in [0.15, 0.2) is 111 Å². The largest absolute Gasteiger partial charge is 0.337 e. The lowest BCUT2D eigenvalue weighted by Gasteiger charge is -2.17. The number of amides is 1. The van der Waals surface area contributed by atoms with Crippen molar-refractivity contribution in [1.82, 2.24) is 9.88 Å². The molecular formula is C27H20N4OS2. The quantitative estimate of drug-likeness (QED) is 0.317. The molecule has 1 fully saturated rings. The van der Waals surface area contributed by atoms with Crippen LogP contribution in [0.25, 0.3) is 10.8 Å². The molecule has 1 saturated heterocycles. The Hall–Kier alpha value is -3.55. The van der Waals surface area contributed by atoms with Crippen molar-refractivity contribution in [3.05, 3.63) is 107 Å². The van der Waals surface area contributed by atoms with Crippen molar-refractivity contribution in [2.45, 2.75) is 11.4 Å². The van der Waals surface area contributed by atoms with Gasteiger partial charge in [-0.15, -0.1) is 0 Å². The zero-order valence-electron chi connectivity index (χ0n) is 18.4. The Morgan fingerprint density at radius 2 is 1.65 bits per heavy atom. The van der Waals surface area contributed by atoms with Crippen molar-refractivity contribution >= 4 is 56.9 Å². The number of fused-ring (bicyclic) bond motifs is 2. The Kier molecular flexibility index (Phi) is 5.36. The summed E-state index contributed by atoms with van der Waals surface area (Å²) >= 11 is 3.06. The first-order valence-electron chi connectivity index (χ1n) is 10.9.